The van der Waals surface area contributed by atoms with Crippen LogP contribution in [0.1, 0.15) is 6.92 Å². The van der Waals surface area contributed by atoms with Gasteiger partial charge in [-0.3, -0.25) is 0 Å². The molecule has 0 N–H and O–H groups in total. The summed E-state index contributed by atoms with van der Waals surface area (Å²) in [5.74, 6) is 0. The third-order valence-corrected chi connectivity index (χ3v) is 3.20. The SMILES string of the molecule is C/C(=C\N=C=O)[SiH](C)C. The van der Waals surface area contributed by atoms with Gasteiger partial charge in [-0.25, -0.2) is 4.79 Å². The Labute approximate surface area is 56.9 Å². The van der Waals surface area contributed by atoms with Crippen LogP contribution in [-0.4, -0.2) is 14.9 Å². The second-order valence-corrected chi connectivity index (χ2v) is 5.47. The summed E-state index contributed by atoms with van der Waals surface area (Å²) in [6, 6.07) is 0. The lowest BCUT2D eigenvalue weighted by atomic mass is 10.7. The number of nitrogens with zero attached hydrogens (tertiary/aromatic N) is 1. The summed E-state index contributed by atoms with van der Waals surface area (Å²) in [7, 11) is -0.708. The monoisotopic (exact) mass is 141 g/mol. The zero-order chi connectivity index (χ0) is 7.28. The molecule has 3 heteroatoms. The van der Waals surface area contributed by atoms with Crippen LogP contribution in [0.4, 0.5) is 0 Å². The normalized spacial score (nSPS) is 11.3. The van der Waals surface area contributed by atoms with Crippen molar-refractivity contribution in [2.75, 3.05) is 0 Å². The largest absolute Gasteiger partial charge is 0.239 e. The molecule has 0 aromatic rings. The van der Waals surface area contributed by atoms with Crippen molar-refractivity contribution in [3.05, 3.63) is 11.4 Å². The van der Waals surface area contributed by atoms with Crippen molar-refractivity contribution in [3.8, 4) is 0 Å². The summed E-state index contributed by atoms with van der Waals surface area (Å²) in [6.45, 7) is 6.37. The van der Waals surface area contributed by atoms with Gasteiger partial charge in [0.25, 0.3) is 0 Å². The Morgan fingerprint density at radius 1 is 1.67 bits per heavy atom. The first-order valence-electron chi connectivity index (χ1n) is 2.92. The maximum absolute atomic E-state index is 9.61. The van der Waals surface area contributed by atoms with E-state index in [1.54, 1.807) is 6.20 Å². The van der Waals surface area contributed by atoms with Gasteiger partial charge < -0.3 is 0 Å². The number of isocyanates is 1. The molecule has 0 rings (SSSR count). The first-order chi connectivity index (χ1) is 4.18. The Morgan fingerprint density at radius 2 is 2.22 bits per heavy atom. The highest BCUT2D eigenvalue weighted by Gasteiger charge is 1.94. The molecule has 0 fully saturated rings. The van der Waals surface area contributed by atoms with E-state index >= 15 is 0 Å². The van der Waals surface area contributed by atoms with Gasteiger partial charge in [0.15, 0.2) is 0 Å². The lowest BCUT2D eigenvalue weighted by Gasteiger charge is -1.97. The van der Waals surface area contributed by atoms with Crippen LogP contribution in [0, 0.1) is 0 Å². The molecule has 0 aliphatic heterocycles. The molecule has 0 aromatic heterocycles. The van der Waals surface area contributed by atoms with Crippen molar-refractivity contribution in [3.63, 3.8) is 0 Å². The zero-order valence-corrected chi connectivity index (χ0v) is 7.16. The highest BCUT2D eigenvalue weighted by atomic mass is 28.3. The summed E-state index contributed by atoms with van der Waals surface area (Å²) in [6.07, 6.45) is 3.08. The number of carbonyl (C=O) groups excluding carboxylic acids is 1. The quantitative estimate of drug-likeness (QED) is 0.323. The van der Waals surface area contributed by atoms with Crippen molar-refractivity contribution in [1.82, 2.24) is 0 Å². The van der Waals surface area contributed by atoms with Gasteiger partial charge in [0.2, 0.25) is 6.08 Å². The number of allylic oxidation sites excluding steroid dienone is 1. The molecule has 0 spiro atoms. The molecule has 0 amide bonds. The minimum atomic E-state index is -0.708. The first kappa shape index (κ1) is 8.34. The van der Waals surface area contributed by atoms with E-state index < -0.39 is 8.80 Å². The summed E-state index contributed by atoms with van der Waals surface area (Å²) < 4.78 is 0. The second-order valence-electron chi connectivity index (χ2n) is 2.25. The van der Waals surface area contributed by atoms with Crippen molar-refractivity contribution >= 4 is 14.9 Å². The number of hydrogen-bond acceptors (Lipinski definition) is 2. The number of rotatable bonds is 2. The standard InChI is InChI=1S/C6H11NOSi/c1-6(9(2)3)4-7-5-8/h4,9H,1-3H3/b6-4+. The van der Waals surface area contributed by atoms with Gasteiger partial charge in [-0.1, -0.05) is 18.3 Å². The smallest absolute Gasteiger partial charge is 0.211 e. The predicted octanol–water partition coefficient (Wildman–Crippen LogP) is 1.25. The second kappa shape index (κ2) is 4.24. The van der Waals surface area contributed by atoms with Gasteiger partial charge in [-0.2, -0.15) is 4.99 Å². The van der Waals surface area contributed by atoms with Crippen LogP contribution >= 0.6 is 0 Å². The highest BCUT2D eigenvalue weighted by molar-refractivity contribution is 6.63. The van der Waals surface area contributed by atoms with Gasteiger partial charge in [0.1, 0.15) is 0 Å². The molecule has 0 bridgehead atoms. The molecule has 0 atom stereocenters. The van der Waals surface area contributed by atoms with Gasteiger partial charge in [0.05, 0.1) is 8.80 Å². The summed E-state index contributed by atoms with van der Waals surface area (Å²) in [4.78, 5) is 13.0. The van der Waals surface area contributed by atoms with Crippen LogP contribution in [-0.2, 0) is 4.79 Å². The third-order valence-electron chi connectivity index (χ3n) is 1.23. The molecule has 0 aliphatic carbocycles. The Kier molecular flexibility index (Phi) is 3.93. The van der Waals surface area contributed by atoms with E-state index in [4.69, 9.17) is 0 Å². The zero-order valence-electron chi connectivity index (χ0n) is 6.01. The molecule has 50 valence electrons. The lowest BCUT2D eigenvalue weighted by Crippen LogP contribution is -2.00. The van der Waals surface area contributed by atoms with Crippen LogP contribution in [0.15, 0.2) is 16.4 Å². The molecule has 0 unspecified atom stereocenters. The molecular formula is C6H11NOSi. The van der Waals surface area contributed by atoms with Crippen LogP contribution in [0.3, 0.4) is 0 Å². The Balaban J connectivity index is 3.99. The average molecular weight is 141 g/mol. The number of aliphatic imine (C=N–C) groups is 1. The summed E-state index contributed by atoms with van der Waals surface area (Å²) >= 11 is 0. The van der Waals surface area contributed by atoms with Gasteiger partial charge in [-0.05, 0) is 6.92 Å². The van der Waals surface area contributed by atoms with Gasteiger partial charge >= 0.3 is 0 Å². The number of hydrogen-bond donors (Lipinski definition) is 0. The minimum absolute atomic E-state index is 0.708. The Bertz CT molecular complexity index is 156. The highest BCUT2D eigenvalue weighted by Crippen LogP contribution is 1.97. The van der Waals surface area contributed by atoms with E-state index in [9.17, 15) is 4.79 Å². The van der Waals surface area contributed by atoms with E-state index in [2.05, 4.69) is 18.1 Å². The topological polar surface area (TPSA) is 29.4 Å². The van der Waals surface area contributed by atoms with E-state index in [1.807, 2.05) is 6.92 Å². The molecule has 0 saturated heterocycles. The van der Waals surface area contributed by atoms with Crippen molar-refractivity contribution in [2.24, 2.45) is 4.99 Å². The molecule has 0 radical (unpaired) electrons. The maximum Gasteiger partial charge on any atom is 0.239 e. The van der Waals surface area contributed by atoms with E-state index in [-0.39, 0.29) is 0 Å². The molecule has 2 nitrogen and oxygen atoms in total. The minimum Gasteiger partial charge on any atom is -0.211 e. The average Bonchev–Trinajstić information content (AvgIpc) is 1.82. The molecule has 0 saturated carbocycles. The lowest BCUT2D eigenvalue weighted by molar-refractivity contribution is 0.565. The Hall–Kier alpha value is -0.663. The fraction of sp³-hybridized carbons (Fsp3) is 0.500. The van der Waals surface area contributed by atoms with Crippen LogP contribution in [0.5, 0.6) is 0 Å². The van der Waals surface area contributed by atoms with Gasteiger partial charge in [0, 0.05) is 6.20 Å². The van der Waals surface area contributed by atoms with Crippen LogP contribution < -0.4 is 0 Å². The maximum atomic E-state index is 9.61. The van der Waals surface area contributed by atoms with Crippen LogP contribution in [0.2, 0.25) is 13.1 Å². The first-order valence-corrected chi connectivity index (χ1v) is 5.80. The predicted molar refractivity (Wildman–Crippen MR) is 40.8 cm³/mol. The van der Waals surface area contributed by atoms with Crippen molar-refractivity contribution < 1.29 is 4.79 Å². The summed E-state index contributed by atoms with van der Waals surface area (Å²) in [5.41, 5.74) is 0. The van der Waals surface area contributed by atoms with Crippen LogP contribution in [0.25, 0.3) is 0 Å². The molecular weight excluding hydrogens is 130 g/mol. The molecule has 0 aliphatic rings. The fourth-order valence-corrected chi connectivity index (χ4v) is 0.650. The fourth-order valence-electron chi connectivity index (χ4n) is 0.277. The van der Waals surface area contributed by atoms with E-state index in [0.717, 1.165) is 0 Å². The van der Waals surface area contributed by atoms with Crippen molar-refractivity contribution in [1.29, 1.82) is 0 Å². The molecule has 0 aromatic carbocycles. The van der Waals surface area contributed by atoms with Gasteiger partial charge in [-0.15, -0.1) is 0 Å². The molecule has 0 heterocycles. The molecule has 9 heavy (non-hydrogen) atoms. The van der Waals surface area contributed by atoms with E-state index in [1.165, 1.54) is 11.3 Å². The third kappa shape index (κ3) is 3.88. The summed E-state index contributed by atoms with van der Waals surface area (Å²) in [5, 5.41) is 1.23. The van der Waals surface area contributed by atoms with E-state index in [0.29, 0.717) is 0 Å². The Morgan fingerprint density at radius 3 is 2.56 bits per heavy atom. The van der Waals surface area contributed by atoms with Crippen molar-refractivity contribution in [2.45, 2.75) is 20.0 Å².